The highest BCUT2D eigenvalue weighted by Crippen LogP contribution is 2.22. The maximum atomic E-state index is 13.5. The minimum atomic E-state index is -1.06. The van der Waals surface area contributed by atoms with Crippen LogP contribution in [-0.4, -0.2) is 134 Å². The molecule has 0 aliphatic rings. The van der Waals surface area contributed by atoms with Crippen LogP contribution < -0.4 is 31.9 Å². The molecule has 8 aromatic heterocycles. The van der Waals surface area contributed by atoms with Gasteiger partial charge in [0.1, 0.15) is 22.9 Å². The van der Waals surface area contributed by atoms with Crippen molar-refractivity contribution in [2.75, 3.05) is 34.4 Å². The molecule has 0 saturated heterocycles. The largest absolute Gasteiger partial charge is 0.481 e. The first-order chi connectivity index (χ1) is 41.2. The smallest absolute Gasteiger partial charge is 0.305 e. The molecule has 0 unspecified atom stereocenters. The fraction of sp³-hybridized carbons (Fsp3) is 0.310. The molecular formula is C58H65N17O12. The van der Waals surface area contributed by atoms with E-state index in [0.29, 0.717) is 45.3 Å². The summed E-state index contributed by atoms with van der Waals surface area (Å²) in [5.74, 6) is -4.85. The quantitative estimate of drug-likeness (QED) is 0.0287. The second-order valence-corrected chi connectivity index (χ2v) is 21.1. The molecule has 8 heterocycles. The van der Waals surface area contributed by atoms with Gasteiger partial charge >= 0.3 is 5.97 Å². The zero-order chi connectivity index (χ0) is 63.1. The first-order valence-electron chi connectivity index (χ1n) is 27.2. The third-order valence-electron chi connectivity index (χ3n) is 13.8. The van der Waals surface area contributed by atoms with Crippen LogP contribution >= 0.6 is 0 Å². The van der Waals surface area contributed by atoms with Crippen LogP contribution in [0.2, 0.25) is 0 Å². The number of aromatic nitrogens is 11. The van der Waals surface area contributed by atoms with Gasteiger partial charge in [0, 0.05) is 145 Å². The van der Waals surface area contributed by atoms with Gasteiger partial charge in [0.05, 0.1) is 52.7 Å². The highest BCUT2D eigenvalue weighted by atomic mass is 16.4. The van der Waals surface area contributed by atoms with Crippen LogP contribution in [0, 0.1) is 0 Å². The Balaban J connectivity index is 0.760. The molecule has 0 aliphatic carbocycles. The van der Waals surface area contributed by atoms with Crippen LogP contribution in [-0.2, 0) is 96.4 Å². The summed E-state index contributed by atoms with van der Waals surface area (Å²) in [5.41, 5.74) is 4.19. The molecule has 7 N–H and O–H groups in total. The van der Waals surface area contributed by atoms with E-state index in [-0.39, 0.29) is 133 Å². The average molecular weight is 1190 g/mol. The number of Topliss-reactive ketones (excluding diaryl/α,β-unsaturated/α-hetero) is 4. The Morgan fingerprint density at radius 3 is 1.43 bits per heavy atom. The second-order valence-electron chi connectivity index (χ2n) is 21.1. The summed E-state index contributed by atoms with van der Waals surface area (Å²) in [6.07, 6.45) is 12.6. The summed E-state index contributed by atoms with van der Waals surface area (Å²) >= 11 is 0. The van der Waals surface area contributed by atoms with Gasteiger partial charge in [-0.25, -0.2) is 15.0 Å². The van der Waals surface area contributed by atoms with Crippen LogP contribution in [0.1, 0.15) is 133 Å². The zero-order valence-electron chi connectivity index (χ0n) is 49.2. The maximum Gasteiger partial charge on any atom is 0.305 e. The zero-order valence-corrected chi connectivity index (χ0v) is 49.2. The van der Waals surface area contributed by atoms with Gasteiger partial charge in [-0.15, -0.1) is 0 Å². The third kappa shape index (κ3) is 15.2. The van der Waals surface area contributed by atoms with Gasteiger partial charge in [0.2, 0.25) is 17.5 Å². The van der Waals surface area contributed by atoms with Crippen molar-refractivity contribution in [3.63, 3.8) is 0 Å². The van der Waals surface area contributed by atoms with E-state index in [2.05, 4.69) is 46.9 Å². The van der Waals surface area contributed by atoms with Gasteiger partial charge in [-0.1, -0.05) is 0 Å². The van der Waals surface area contributed by atoms with Crippen LogP contribution in [0.25, 0.3) is 0 Å². The number of hydrogen-bond donors (Lipinski definition) is 7. The number of imidazole rings is 3. The van der Waals surface area contributed by atoms with Gasteiger partial charge in [0.15, 0.2) is 29.0 Å². The summed E-state index contributed by atoms with van der Waals surface area (Å²) in [6.45, 7) is 1.50. The minimum absolute atomic E-state index is 0.00379. The van der Waals surface area contributed by atoms with Crippen molar-refractivity contribution in [3.05, 3.63) is 148 Å². The molecule has 29 heteroatoms. The molecule has 87 heavy (non-hydrogen) atoms. The van der Waals surface area contributed by atoms with Gasteiger partial charge < -0.3 is 73.5 Å². The molecule has 0 bridgehead atoms. The Morgan fingerprint density at radius 1 is 0.402 bits per heavy atom. The van der Waals surface area contributed by atoms with Crippen molar-refractivity contribution in [3.8, 4) is 0 Å². The summed E-state index contributed by atoms with van der Waals surface area (Å²) in [6, 6.07) is 7.64. The number of carbonyl (C=O) groups excluding carboxylic acids is 10. The van der Waals surface area contributed by atoms with Crippen molar-refractivity contribution in [2.45, 2.75) is 51.9 Å². The van der Waals surface area contributed by atoms with Crippen LogP contribution in [0.5, 0.6) is 0 Å². The first kappa shape index (κ1) is 62.1. The number of amides is 6. The van der Waals surface area contributed by atoms with Crippen molar-refractivity contribution in [2.24, 2.45) is 56.4 Å². The van der Waals surface area contributed by atoms with E-state index in [1.54, 1.807) is 113 Å². The highest BCUT2D eigenvalue weighted by molar-refractivity contribution is 6.08. The Hall–Kier alpha value is -11.0. The normalized spacial score (nSPS) is 11.1. The number of carboxylic acid groups (broad SMARTS) is 1. The Morgan fingerprint density at radius 2 is 0.851 bits per heavy atom. The number of aryl methyl sites for hydroxylation is 8. The molecule has 6 amide bonds. The third-order valence-corrected chi connectivity index (χ3v) is 13.8. The lowest BCUT2D eigenvalue weighted by Crippen LogP contribution is -2.27. The molecule has 0 aliphatic heterocycles. The number of carbonyl (C=O) groups is 11. The molecule has 8 rings (SSSR count). The molecule has 0 atom stereocenters. The van der Waals surface area contributed by atoms with Crippen molar-refractivity contribution in [1.29, 1.82) is 0 Å². The Kier molecular flexibility index (Phi) is 18.7. The van der Waals surface area contributed by atoms with Crippen molar-refractivity contribution < 1.29 is 57.8 Å². The van der Waals surface area contributed by atoms with E-state index in [1.165, 1.54) is 66.5 Å². The van der Waals surface area contributed by atoms with E-state index in [1.807, 2.05) is 0 Å². The van der Waals surface area contributed by atoms with Gasteiger partial charge in [0.25, 0.3) is 29.5 Å². The number of rotatable bonds is 27. The molecule has 0 aromatic carbocycles. The number of anilines is 4. The number of nitrogens with one attached hydrogen (secondary N) is 6. The summed E-state index contributed by atoms with van der Waals surface area (Å²) in [4.78, 5) is 154. The number of aliphatic carboxylic acids is 1. The fourth-order valence-electron chi connectivity index (χ4n) is 9.76. The molecular weight excluding hydrogens is 1130 g/mol. The maximum absolute atomic E-state index is 13.5. The number of carboxylic acids is 1. The highest BCUT2D eigenvalue weighted by Gasteiger charge is 2.25. The predicted molar refractivity (Wildman–Crippen MR) is 314 cm³/mol. The van der Waals surface area contributed by atoms with Gasteiger partial charge in [-0.2, -0.15) is 0 Å². The molecule has 8 aromatic rings. The SMILES string of the molecule is CC(=O)Cc1cn(C)c(C(=O)Cc2cc(C(=O)Cc3cc(C(=O)Cc4cn(C)c(C(=O)NCCCC(=O)Nc5cc(C(=O)Nc6cn(C)c(C(=O)Nc7cc(C(=O)Nc8cc(C(=O)NCCC(=O)O)n(C)c8)n(C)c7)n6)n(C)c5)n4)n(C)c3)n(C)c2)n1. The van der Waals surface area contributed by atoms with E-state index >= 15 is 0 Å². The standard InChI is InChI=1S/C58H65N17O12/c1-32(76)15-35-29-73(7)51(62-35)47(79)19-34-17-40(68(2)25-34)45(77)18-33-16-41(69(3)24-33)46(78)23-39-30-74(8)52(63-39)57(86)59-13-10-11-49(80)61-36-20-44(71(5)26-36)56(85)67-48-31-75(9)53(66-48)58(87)65-38-22-43(72(6)28-38)55(84)64-37-21-42(70(4)27-37)54(83)60-14-12-50(81)82/h16-17,20-22,24-31H,10-15,18-19,23H2,1-9H3,(H,59,86)(H,60,83)(H,61,80)(H,64,84)(H,65,87)(H,67,85)(H,81,82). The second kappa shape index (κ2) is 26.3. The van der Waals surface area contributed by atoms with E-state index in [4.69, 9.17) is 5.11 Å². The van der Waals surface area contributed by atoms with Gasteiger partial charge in [-0.05, 0) is 54.8 Å². The molecule has 29 nitrogen and oxygen atoms in total. The molecule has 0 spiro atoms. The summed E-state index contributed by atoms with van der Waals surface area (Å²) in [5, 5.41) is 24.9. The lowest BCUT2D eigenvalue weighted by molar-refractivity contribution is -0.136. The van der Waals surface area contributed by atoms with E-state index in [0.717, 1.165) is 0 Å². The number of ketones is 4. The molecule has 0 fully saturated rings. The lowest BCUT2D eigenvalue weighted by Gasteiger charge is -2.05. The monoisotopic (exact) mass is 1190 g/mol. The minimum Gasteiger partial charge on any atom is -0.481 e. The van der Waals surface area contributed by atoms with E-state index < -0.39 is 35.5 Å². The number of nitrogens with zero attached hydrogens (tertiary/aromatic N) is 11. The van der Waals surface area contributed by atoms with Crippen LogP contribution in [0.15, 0.2) is 79.9 Å². The van der Waals surface area contributed by atoms with Gasteiger partial charge in [-0.3, -0.25) is 52.7 Å². The van der Waals surface area contributed by atoms with Crippen LogP contribution in [0.4, 0.5) is 22.9 Å². The topological polar surface area (TPSA) is 358 Å². The molecule has 454 valence electrons. The first-order valence-corrected chi connectivity index (χ1v) is 27.2. The van der Waals surface area contributed by atoms with Crippen LogP contribution in [0.3, 0.4) is 0 Å². The molecule has 0 radical (unpaired) electrons. The average Bonchev–Trinajstić information content (AvgIpc) is 2.57. The Labute approximate surface area is 496 Å². The summed E-state index contributed by atoms with van der Waals surface area (Å²) < 4.78 is 12.2. The fourth-order valence-corrected chi connectivity index (χ4v) is 9.76. The Bertz CT molecular complexity index is 4070. The van der Waals surface area contributed by atoms with E-state index in [9.17, 15) is 52.7 Å². The predicted octanol–water partition coefficient (Wildman–Crippen LogP) is 3.10. The molecule has 0 saturated carbocycles. The van der Waals surface area contributed by atoms with Crippen molar-refractivity contribution >= 4 is 87.4 Å². The van der Waals surface area contributed by atoms with Crippen molar-refractivity contribution in [1.82, 2.24) is 62.1 Å². The number of hydrogen-bond acceptors (Lipinski definition) is 14. The summed E-state index contributed by atoms with van der Waals surface area (Å²) in [7, 11) is 13.1. The lowest BCUT2D eigenvalue weighted by atomic mass is 10.1.